The molecule has 1 aliphatic carbocycles. The van der Waals surface area contributed by atoms with Crippen LogP contribution in [0.2, 0.25) is 0 Å². The number of nitrogens with two attached hydrogens (primary N) is 1. The Hall–Kier alpha value is -1.44. The van der Waals surface area contributed by atoms with Crippen LogP contribution in [-0.2, 0) is 6.42 Å². The third-order valence-electron chi connectivity index (χ3n) is 3.28. The van der Waals surface area contributed by atoms with E-state index < -0.39 is 0 Å². The Labute approximate surface area is 131 Å². The van der Waals surface area contributed by atoms with Crippen molar-refractivity contribution in [3.8, 4) is 5.88 Å². The quantitative estimate of drug-likeness (QED) is 0.823. The van der Waals surface area contributed by atoms with Crippen molar-refractivity contribution in [1.29, 1.82) is 0 Å². The van der Waals surface area contributed by atoms with E-state index in [0.29, 0.717) is 24.0 Å². The zero-order valence-electron chi connectivity index (χ0n) is 11.1. The molecule has 3 rings (SSSR count). The summed E-state index contributed by atoms with van der Waals surface area (Å²) in [6.45, 7) is 0. The predicted molar refractivity (Wildman–Crippen MR) is 84.7 cm³/mol. The van der Waals surface area contributed by atoms with Crippen LogP contribution < -0.4 is 10.5 Å². The van der Waals surface area contributed by atoms with Gasteiger partial charge in [-0.1, -0.05) is 6.07 Å². The van der Waals surface area contributed by atoms with Gasteiger partial charge in [0.25, 0.3) is 0 Å². The maximum absolute atomic E-state index is 5.99. The van der Waals surface area contributed by atoms with E-state index in [-0.39, 0.29) is 0 Å². The molecule has 5 nitrogen and oxygen atoms in total. The molecule has 0 aliphatic heterocycles. The van der Waals surface area contributed by atoms with Crippen LogP contribution in [0.1, 0.15) is 35.8 Å². The number of ether oxygens (including phenoxy) is 1. The molecule has 6 heteroatoms. The molecule has 0 atom stereocenters. The van der Waals surface area contributed by atoms with Crippen LogP contribution >= 0.6 is 22.6 Å². The molecule has 0 amide bonds. The highest BCUT2D eigenvalue weighted by Gasteiger charge is 2.28. The summed E-state index contributed by atoms with van der Waals surface area (Å²) in [5.41, 5.74) is 8.15. The van der Waals surface area contributed by atoms with E-state index in [1.807, 2.05) is 12.1 Å². The summed E-state index contributed by atoms with van der Waals surface area (Å²) in [6.07, 6.45) is 4.83. The lowest BCUT2D eigenvalue weighted by Crippen LogP contribution is -2.07. The van der Waals surface area contributed by atoms with Crippen molar-refractivity contribution in [2.24, 2.45) is 0 Å². The van der Waals surface area contributed by atoms with E-state index in [2.05, 4.69) is 37.5 Å². The molecule has 2 aromatic rings. The molecular formula is C14H15IN4O. The van der Waals surface area contributed by atoms with Gasteiger partial charge in [0.15, 0.2) is 0 Å². The fourth-order valence-electron chi connectivity index (χ4n) is 2.06. The van der Waals surface area contributed by atoms with E-state index in [1.54, 1.807) is 13.3 Å². The van der Waals surface area contributed by atoms with Crippen LogP contribution in [0, 0.1) is 3.57 Å². The number of nitrogen functional groups attached to an aromatic ring is 1. The van der Waals surface area contributed by atoms with Gasteiger partial charge in [-0.15, -0.1) is 0 Å². The van der Waals surface area contributed by atoms with Crippen LogP contribution in [0.25, 0.3) is 0 Å². The van der Waals surface area contributed by atoms with E-state index in [9.17, 15) is 0 Å². The highest BCUT2D eigenvalue weighted by molar-refractivity contribution is 14.1. The molecule has 0 aromatic carbocycles. The zero-order chi connectivity index (χ0) is 14.1. The Bertz CT molecular complexity index is 626. The first-order chi connectivity index (χ1) is 9.67. The SMILES string of the molecule is COc1ccc(Cc2nc(N)c(I)c(C3CC3)n2)cn1. The number of rotatable bonds is 4. The average molecular weight is 382 g/mol. The minimum Gasteiger partial charge on any atom is -0.481 e. The summed E-state index contributed by atoms with van der Waals surface area (Å²) >= 11 is 2.24. The molecular weight excluding hydrogens is 367 g/mol. The summed E-state index contributed by atoms with van der Waals surface area (Å²) in [5.74, 6) is 2.52. The first kappa shape index (κ1) is 13.5. The van der Waals surface area contributed by atoms with Gasteiger partial charge in [-0.05, 0) is 41.0 Å². The molecule has 0 radical (unpaired) electrons. The van der Waals surface area contributed by atoms with E-state index >= 15 is 0 Å². The molecule has 104 valence electrons. The first-order valence-corrected chi connectivity index (χ1v) is 7.56. The fourth-order valence-corrected chi connectivity index (χ4v) is 2.74. The second-order valence-corrected chi connectivity index (χ2v) is 5.96. The van der Waals surface area contributed by atoms with Crippen LogP contribution in [0.15, 0.2) is 18.3 Å². The number of methoxy groups -OCH3 is 1. The van der Waals surface area contributed by atoms with Gasteiger partial charge < -0.3 is 10.5 Å². The Balaban J connectivity index is 1.86. The van der Waals surface area contributed by atoms with Crippen LogP contribution in [0.4, 0.5) is 5.82 Å². The van der Waals surface area contributed by atoms with Gasteiger partial charge in [-0.2, -0.15) is 0 Å². The minimum absolute atomic E-state index is 0.569. The predicted octanol–water partition coefficient (Wildman–Crippen LogP) is 2.54. The summed E-state index contributed by atoms with van der Waals surface area (Å²) in [7, 11) is 1.60. The third-order valence-corrected chi connectivity index (χ3v) is 4.39. The highest BCUT2D eigenvalue weighted by Crippen LogP contribution is 2.41. The summed E-state index contributed by atoms with van der Waals surface area (Å²) in [5, 5.41) is 0. The number of nitrogens with zero attached hydrogens (tertiary/aromatic N) is 3. The van der Waals surface area contributed by atoms with Crippen molar-refractivity contribution in [3.63, 3.8) is 0 Å². The molecule has 1 saturated carbocycles. The van der Waals surface area contributed by atoms with E-state index in [4.69, 9.17) is 10.5 Å². The molecule has 0 saturated heterocycles. The van der Waals surface area contributed by atoms with Gasteiger partial charge in [0.1, 0.15) is 11.6 Å². The zero-order valence-corrected chi connectivity index (χ0v) is 13.3. The van der Waals surface area contributed by atoms with Crippen molar-refractivity contribution in [3.05, 3.63) is 39.0 Å². The maximum Gasteiger partial charge on any atom is 0.212 e. The smallest absolute Gasteiger partial charge is 0.212 e. The van der Waals surface area contributed by atoms with Gasteiger partial charge in [0.2, 0.25) is 5.88 Å². The second kappa shape index (κ2) is 5.51. The van der Waals surface area contributed by atoms with Crippen molar-refractivity contribution in [1.82, 2.24) is 15.0 Å². The van der Waals surface area contributed by atoms with Crippen molar-refractivity contribution < 1.29 is 4.74 Å². The second-order valence-electron chi connectivity index (χ2n) is 4.88. The number of hydrogen-bond donors (Lipinski definition) is 1. The highest BCUT2D eigenvalue weighted by atomic mass is 127. The van der Waals surface area contributed by atoms with Crippen molar-refractivity contribution >= 4 is 28.4 Å². The molecule has 2 aromatic heterocycles. The summed E-state index contributed by atoms with van der Waals surface area (Å²) in [4.78, 5) is 13.2. The molecule has 0 bridgehead atoms. The number of aromatic nitrogens is 3. The fraction of sp³-hybridized carbons (Fsp3) is 0.357. The van der Waals surface area contributed by atoms with Gasteiger partial charge >= 0.3 is 0 Å². The van der Waals surface area contributed by atoms with E-state index in [0.717, 1.165) is 20.7 Å². The Morgan fingerprint density at radius 1 is 1.35 bits per heavy atom. The molecule has 0 spiro atoms. The topological polar surface area (TPSA) is 73.9 Å². The lowest BCUT2D eigenvalue weighted by Gasteiger charge is -2.08. The van der Waals surface area contributed by atoms with E-state index in [1.165, 1.54) is 12.8 Å². The monoisotopic (exact) mass is 382 g/mol. The molecule has 0 unspecified atom stereocenters. The lowest BCUT2D eigenvalue weighted by molar-refractivity contribution is 0.397. The van der Waals surface area contributed by atoms with Crippen LogP contribution in [0.3, 0.4) is 0 Å². The van der Waals surface area contributed by atoms with Crippen molar-refractivity contribution in [2.45, 2.75) is 25.2 Å². The lowest BCUT2D eigenvalue weighted by atomic mass is 10.2. The van der Waals surface area contributed by atoms with Gasteiger partial charge in [0, 0.05) is 24.6 Å². The summed E-state index contributed by atoms with van der Waals surface area (Å²) < 4.78 is 6.05. The van der Waals surface area contributed by atoms with Crippen LogP contribution in [0.5, 0.6) is 5.88 Å². The van der Waals surface area contributed by atoms with Gasteiger partial charge in [-0.25, -0.2) is 15.0 Å². The molecule has 1 aliphatic rings. The largest absolute Gasteiger partial charge is 0.481 e. The van der Waals surface area contributed by atoms with Gasteiger partial charge in [0.05, 0.1) is 16.4 Å². The number of pyridine rings is 1. The third kappa shape index (κ3) is 2.84. The number of halogens is 1. The Kier molecular flexibility index (Phi) is 3.73. The number of hydrogen-bond acceptors (Lipinski definition) is 5. The first-order valence-electron chi connectivity index (χ1n) is 6.48. The van der Waals surface area contributed by atoms with Gasteiger partial charge in [-0.3, -0.25) is 0 Å². The summed E-state index contributed by atoms with van der Waals surface area (Å²) in [6, 6.07) is 3.81. The molecule has 20 heavy (non-hydrogen) atoms. The van der Waals surface area contributed by atoms with Crippen LogP contribution in [-0.4, -0.2) is 22.1 Å². The Morgan fingerprint density at radius 3 is 2.75 bits per heavy atom. The number of anilines is 1. The standard InChI is InChI=1S/C14H15IN4O/c1-20-11-5-2-8(7-17-11)6-10-18-13(9-3-4-9)12(15)14(16)19-10/h2,5,7,9H,3-4,6H2,1H3,(H2,16,18,19). The minimum atomic E-state index is 0.569. The average Bonchev–Trinajstić information content (AvgIpc) is 3.28. The van der Waals surface area contributed by atoms with Crippen molar-refractivity contribution in [2.75, 3.05) is 12.8 Å². The molecule has 2 N–H and O–H groups in total. The maximum atomic E-state index is 5.99. The molecule has 1 fully saturated rings. The normalized spacial score (nSPS) is 14.3. The Morgan fingerprint density at radius 2 is 2.15 bits per heavy atom. The molecule has 2 heterocycles.